The fraction of sp³-hybridized carbons (Fsp3) is 0.481. The molecule has 2 aromatic rings. The Bertz CT molecular complexity index is 983. The first-order chi connectivity index (χ1) is 17.5. The highest BCUT2D eigenvalue weighted by Crippen LogP contribution is 2.28. The van der Waals surface area contributed by atoms with E-state index in [0.717, 1.165) is 43.6 Å². The molecule has 1 aliphatic rings. The van der Waals surface area contributed by atoms with Crippen molar-refractivity contribution in [1.29, 1.82) is 0 Å². The van der Waals surface area contributed by atoms with Gasteiger partial charge < -0.3 is 30.2 Å². The first-order valence-corrected chi connectivity index (χ1v) is 12.7. The molecule has 3 rings (SSSR count). The summed E-state index contributed by atoms with van der Waals surface area (Å²) < 4.78 is 16.4. The molecular formula is C27H36ClN3O5. The maximum absolute atomic E-state index is 13.2. The molecule has 1 saturated heterocycles. The highest BCUT2D eigenvalue weighted by molar-refractivity contribution is 6.30. The van der Waals surface area contributed by atoms with Crippen LogP contribution in [0.1, 0.15) is 46.9 Å². The predicted molar refractivity (Wildman–Crippen MR) is 139 cm³/mol. The van der Waals surface area contributed by atoms with E-state index in [1.165, 1.54) is 7.11 Å². The molecule has 0 bridgehead atoms. The summed E-state index contributed by atoms with van der Waals surface area (Å²) in [5, 5.41) is 9.57. The van der Waals surface area contributed by atoms with Gasteiger partial charge in [0.05, 0.1) is 13.7 Å². The molecule has 2 amide bonds. The van der Waals surface area contributed by atoms with Crippen molar-refractivity contribution in [2.75, 3.05) is 47.1 Å². The number of nitrogens with one attached hydrogen (secondary N) is 3. The van der Waals surface area contributed by atoms with Gasteiger partial charge in [-0.05, 0) is 67.6 Å². The topological polar surface area (TPSA) is 97.9 Å². The number of rotatable bonds is 12. The van der Waals surface area contributed by atoms with Crippen molar-refractivity contribution in [3.05, 3.63) is 70.2 Å². The van der Waals surface area contributed by atoms with Gasteiger partial charge in [0.1, 0.15) is 6.10 Å². The quantitative estimate of drug-likeness (QED) is 0.369. The van der Waals surface area contributed by atoms with E-state index in [9.17, 15) is 9.59 Å². The number of hydrogen-bond acceptors (Lipinski definition) is 6. The fourth-order valence-corrected chi connectivity index (χ4v) is 4.60. The lowest BCUT2D eigenvalue weighted by molar-refractivity contribution is 0.0470. The Morgan fingerprint density at radius 1 is 1.17 bits per heavy atom. The maximum atomic E-state index is 13.2. The molecule has 36 heavy (non-hydrogen) atoms. The molecule has 2 aromatic carbocycles. The zero-order valence-corrected chi connectivity index (χ0v) is 21.7. The van der Waals surface area contributed by atoms with Crippen molar-refractivity contribution in [3.8, 4) is 0 Å². The van der Waals surface area contributed by atoms with Crippen LogP contribution < -0.4 is 16.0 Å². The number of halogens is 1. The van der Waals surface area contributed by atoms with E-state index in [2.05, 4.69) is 20.7 Å². The van der Waals surface area contributed by atoms with Gasteiger partial charge in [0.25, 0.3) is 5.91 Å². The average molecular weight is 518 g/mol. The minimum atomic E-state index is -0.521. The Hall–Kier alpha value is -2.65. The van der Waals surface area contributed by atoms with E-state index in [1.54, 1.807) is 12.1 Å². The molecule has 3 N–H and O–H groups in total. The van der Waals surface area contributed by atoms with E-state index >= 15 is 0 Å². The number of hydrogen-bond donors (Lipinski definition) is 3. The second-order valence-electron chi connectivity index (χ2n) is 8.90. The summed E-state index contributed by atoms with van der Waals surface area (Å²) in [5.74, 6) is 0.314. The number of ether oxygens (including phenoxy) is 3. The Morgan fingerprint density at radius 3 is 2.64 bits per heavy atom. The van der Waals surface area contributed by atoms with Crippen LogP contribution >= 0.6 is 11.6 Å². The molecule has 0 saturated carbocycles. The van der Waals surface area contributed by atoms with Gasteiger partial charge in [-0.1, -0.05) is 35.9 Å². The van der Waals surface area contributed by atoms with Gasteiger partial charge in [0.15, 0.2) is 0 Å². The van der Waals surface area contributed by atoms with Crippen LogP contribution in [0.2, 0.25) is 5.02 Å². The van der Waals surface area contributed by atoms with Gasteiger partial charge in [-0.25, -0.2) is 4.79 Å². The molecule has 0 radical (unpaired) electrons. The lowest BCUT2D eigenvalue weighted by Crippen LogP contribution is -2.43. The molecule has 8 nitrogen and oxygen atoms in total. The zero-order chi connectivity index (χ0) is 25.8. The Morgan fingerprint density at radius 2 is 1.94 bits per heavy atom. The lowest BCUT2D eigenvalue weighted by atomic mass is 9.94. The molecule has 0 aliphatic carbocycles. The van der Waals surface area contributed by atoms with Crippen LogP contribution in [0.4, 0.5) is 4.79 Å². The molecular weight excluding hydrogens is 482 g/mol. The number of likely N-dealkylation sites (N-methyl/N-ethyl adjacent to an activating group) is 1. The van der Waals surface area contributed by atoms with Gasteiger partial charge in [-0.2, -0.15) is 0 Å². The first-order valence-electron chi connectivity index (χ1n) is 12.3. The predicted octanol–water partition coefficient (Wildman–Crippen LogP) is 3.94. The molecule has 0 unspecified atom stereocenters. The van der Waals surface area contributed by atoms with E-state index in [-0.39, 0.29) is 25.1 Å². The number of benzene rings is 2. The summed E-state index contributed by atoms with van der Waals surface area (Å²) in [6, 6.07) is 14.8. The van der Waals surface area contributed by atoms with Crippen LogP contribution in [-0.2, 0) is 14.2 Å². The van der Waals surface area contributed by atoms with Crippen molar-refractivity contribution in [3.63, 3.8) is 0 Å². The van der Waals surface area contributed by atoms with Gasteiger partial charge >= 0.3 is 6.09 Å². The molecule has 1 heterocycles. The molecule has 1 aliphatic heterocycles. The van der Waals surface area contributed by atoms with E-state index < -0.39 is 12.2 Å². The van der Waals surface area contributed by atoms with Crippen molar-refractivity contribution < 1.29 is 23.8 Å². The van der Waals surface area contributed by atoms with Gasteiger partial charge in [0.2, 0.25) is 0 Å². The third-order valence-electron chi connectivity index (χ3n) is 6.10. The normalized spacial score (nSPS) is 17.1. The van der Waals surface area contributed by atoms with Crippen LogP contribution in [0.25, 0.3) is 0 Å². The van der Waals surface area contributed by atoms with E-state index in [0.29, 0.717) is 23.0 Å². The summed E-state index contributed by atoms with van der Waals surface area (Å²) in [6.07, 6.45) is 2.06. The molecule has 196 valence electrons. The third-order valence-corrected chi connectivity index (χ3v) is 6.34. The largest absolute Gasteiger partial charge is 0.453 e. The monoisotopic (exact) mass is 517 g/mol. The highest BCUT2D eigenvalue weighted by Gasteiger charge is 2.22. The standard InChI is InChI=1S/C27H36ClN3O5/c1-29-17-24(14-19-6-5-12-35-18-19)31-26(32)22-9-3-7-20(15-22)25(21-8-4-10-23(28)16-21)36-13-11-30-27(33)34-2/h3-4,7-10,15-16,19,24-25,29H,5-6,11-14,17-18H2,1-2H3,(H,30,33)(H,31,32)/t19-,24+,25-/m1/s1. The molecule has 9 heteroatoms. The van der Waals surface area contributed by atoms with Crippen molar-refractivity contribution >= 4 is 23.6 Å². The number of methoxy groups -OCH3 is 1. The van der Waals surface area contributed by atoms with Gasteiger partial charge in [-0.3, -0.25) is 4.79 Å². The van der Waals surface area contributed by atoms with Crippen molar-refractivity contribution in [2.45, 2.75) is 31.4 Å². The number of amides is 2. The Balaban J connectivity index is 1.73. The average Bonchev–Trinajstić information content (AvgIpc) is 2.89. The minimum absolute atomic E-state index is 0.00206. The highest BCUT2D eigenvalue weighted by atomic mass is 35.5. The van der Waals surface area contributed by atoms with Crippen LogP contribution in [0.3, 0.4) is 0 Å². The van der Waals surface area contributed by atoms with Crippen LogP contribution in [0, 0.1) is 5.92 Å². The van der Waals surface area contributed by atoms with Crippen molar-refractivity contribution in [1.82, 2.24) is 16.0 Å². The number of carbonyl (C=O) groups is 2. The Labute approximate surface area is 218 Å². The zero-order valence-electron chi connectivity index (χ0n) is 20.9. The van der Waals surface area contributed by atoms with Gasteiger partial charge in [-0.15, -0.1) is 0 Å². The second-order valence-corrected chi connectivity index (χ2v) is 9.33. The smallest absolute Gasteiger partial charge is 0.406 e. The third kappa shape index (κ3) is 8.78. The van der Waals surface area contributed by atoms with Crippen molar-refractivity contribution in [2.24, 2.45) is 5.92 Å². The fourth-order valence-electron chi connectivity index (χ4n) is 4.40. The number of alkyl carbamates (subject to hydrolysis) is 1. The minimum Gasteiger partial charge on any atom is -0.453 e. The molecule has 0 spiro atoms. The molecule has 3 atom stereocenters. The summed E-state index contributed by atoms with van der Waals surface area (Å²) >= 11 is 6.24. The molecule has 0 aromatic heterocycles. The molecule has 1 fully saturated rings. The number of carbonyl (C=O) groups excluding carboxylic acids is 2. The maximum Gasteiger partial charge on any atom is 0.406 e. The summed E-state index contributed by atoms with van der Waals surface area (Å²) in [7, 11) is 3.20. The van der Waals surface area contributed by atoms with E-state index in [1.807, 2.05) is 43.4 Å². The van der Waals surface area contributed by atoms with Crippen LogP contribution in [-0.4, -0.2) is 65.1 Å². The lowest BCUT2D eigenvalue weighted by Gasteiger charge is -2.27. The summed E-state index contributed by atoms with van der Waals surface area (Å²) in [5.41, 5.74) is 2.22. The Kier molecular flexibility index (Phi) is 11.5. The SMILES string of the molecule is CNC[C@H](C[C@H]1CCCOC1)NC(=O)c1cccc([C@@H](OCCNC(=O)OC)c2cccc(Cl)c2)c1. The van der Waals surface area contributed by atoms with Crippen LogP contribution in [0.5, 0.6) is 0 Å². The summed E-state index contributed by atoms with van der Waals surface area (Å²) in [4.78, 5) is 24.6. The van der Waals surface area contributed by atoms with E-state index in [4.69, 9.17) is 21.1 Å². The second kappa shape index (κ2) is 14.8. The van der Waals surface area contributed by atoms with Gasteiger partial charge in [0, 0.05) is 42.9 Å². The summed E-state index contributed by atoms with van der Waals surface area (Å²) in [6.45, 7) is 2.77. The van der Waals surface area contributed by atoms with Crippen LogP contribution in [0.15, 0.2) is 48.5 Å². The first kappa shape index (κ1) is 27.9.